The monoisotopic (exact) mass is 292 g/mol. The van der Waals surface area contributed by atoms with Gasteiger partial charge in [-0.3, -0.25) is 9.48 Å². The van der Waals surface area contributed by atoms with Crippen molar-refractivity contribution in [3.8, 4) is 5.75 Å². The van der Waals surface area contributed by atoms with Gasteiger partial charge in [0.05, 0.1) is 18.4 Å². The van der Waals surface area contributed by atoms with Crippen molar-refractivity contribution in [2.45, 2.75) is 20.3 Å². The van der Waals surface area contributed by atoms with Crippen LogP contribution in [0.1, 0.15) is 27.2 Å². The molecule has 5 heteroatoms. The Kier molecular flexibility index (Phi) is 4.14. The first-order chi connectivity index (χ1) is 9.43. The summed E-state index contributed by atoms with van der Waals surface area (Å²) < 4.78 is 6.83. The van der Waals surface area contributed by atoms with Gasteiger partial charge >= 0.3 is 0 Å². The fourth-order valence-corrected chi connectivity index (χ4v) is 2.41. The van der Waals surface area contributed by atoms with Gasteiger partial charge in [0.2, 0.25) is 0 Å². The summed E-state index contributed by atoms with van der Waals surface area (Å²) in [4.78, 5) is 12.5. The number of aromatic nitrogens is 2. The Morgan fingerprint density at radius 1 is 1.40 bits per heavy atom. The lowest BCUT2D eigenvalue weighted by molar-refractivity contribution is 0.0989. The van der Waals surface area contributed by atoms with E-state index in [2.05, 4.69) is 5.10 Å². The third-order valence-corrected chi connectivity index (χ3v) is 3.74. The van der Waals surface area contributed by atoms with E-state index in [-0.39, 0.29) is 12.2 Å². The van der Waals surface area contributed by atoms with Gasteiger partial charge in [-0.05, 0) is 26.0 Å². The van der Waals surface area contributed by atoms with Crippen molar-refractivity contribution in [1.82, 2.24) is 9.78 Å². The number of Topliss-reactive ketones (excluding diaryl/α,β-unsaturated/α-hetero) is 1. The van der Waals surface area contributed by atoms with Crippen molar-refractivity contribution in [3.05, 3.63) is 45.7 Å². The van der Waals surface area contributed by atoms with Gasteiger partial charge in [0, 0.05) is 19.0 Å². The summed E-state index contributed by atoms with van der Waals surface area (Å²) in [5.41, 5.74) is 3.13. The normalized spacial score (nSPS) is 10.7. The second-order valence-electron chi connectivity index (χ2n) is 4.78. The highest BCUT2D eigenvalue weighted by Gasteiger charge is 2.18. The van der Waals surface area contributed by atoms with Gasteiger partial charge in [0.15, 0.2) is 5.78 Å². The van der Waals surface area contributed by atoms with E-state index >= 15 is 0 Å². The number of rotatable bonds is 4. The molecule has 0 fully saturated rings. The molecule has 0 N–H and O–H groups in total. The van der Waals surface area contributed by atoms with E-state index in [9.17, 15) is 4.79 Å². The molecule has 20 heavy (non-hydrogen) atoms. The van der Waals surface area contributed by atoms with Crippen LogP contribution in [0.15, 0.2) is 18.2 Å². The molecule has 0 unspecified atom stereocenters. The number of carbonyl (C=O) groups is 1. The number of hydrogen-bond acceptors (Lipinski definition) is 3. The Bertz CT molecular complexity index is 662. The molecule has 0 saturated heterocycles. The molecule has 2 aromatic rings. The minimum atomic E-state index is -0.0245. The van der Waals surface area contributed by atoms with E-state index in [0.717, 1.165) is 16.8 Å². The molecule has 106 valence electrons. The zero-order valence-electron chi connectivity index (χ0n) is 12.0. The topological polar surface area (TPSA) is 44.1 Å². The standard InChI is InChI=1S/C15H17ClN2O2/c1-9-5-6-14(20-4)12(7-9)13(19)8-11-10(2)17-18(3)15(11)16/h5-7H,8H2,1-4H3. The number of carbonyl (C=O) groups excluding carboxylic acids is 1. The highest BCUT2D eigenvalue weighted by atomic mass is 35.5. The van der Waals surface area contributed by atoms with Crippen molar-refractivity contribution < 1.29 is 9.53 Å². The molecule has 0 saturated carbocycles. The van der Waals surface area contributed by atoms with E-state index in [1.54, 1.807) is 24.9 Å². The number of ketones is 1. The molecule has 1 aromatic heterocycles. The minimum Gasteiger partial charge on any atom is -0.496 e. The number of nitrogens with zero attached hydrogens (tertiary/aromatic N) is 2. The smallest absolute Gasteiger partial charge is 0.171 e. The molecule has 1 heterocycles. The van der Waals surface area contributed by atoms with Crippen molar-refractivity contribution in [3.63, 3.8) is 0 Å². The first kappa shape index (κ1) is 14.6. The van der Waals surface area contributed by atoms with Crippen LogP contribution < -0.4 is 4.74 Å². The summed E-state index contributed by atoms with van der Waals surface area (Å²) in [6.45, 7) is 3.79. The number of aryl methyl sites for hydroxylation is 3. The summed E-state index contributed by atoms with van der Waals surface area (Å²) >= 11 is 6.17. The quantitative estimate of drug-likeness (QED) is 0.813. The number of benzene rings is 1. The second kappa shape index (κ2) is 5.67. The average Bonchev–Trinajstić information content (AvgIpc) is 2.65. The molecule has 1 aromatic carbocycles. The van der Waals surface area contributed by atoms with Gasteiger partial charge in [-0.1, -0.05) is 23.2 Å². The molecule has 2 rings (SSSR count). The highest BCUT2D eigenvalue weighted by Crippen LogP contribution is 2.25. The van der Waals surface area contributed by atoms with Crippen LogP contribution in [0, 0.1) is 13.8 Å². The van der Waals surface area contributed by atoms with Crippen molar-refractivity contribution in [2.24, 2.45) is 7.05 Å². The van der Waals surface area contributed by atoms with E-state index in [1.807, 2.05) is 26.0 Å². The largest absolute Gasteiger partial charge is 0.496 e. The van der Waals surface area contributed by atoms with Crippen LogP contribution in [0.3, 0.4) is 0 Å². The van der Waals surface area contributed by atoms with E-state index in [1.165, 1.54) is 0 Å². The molecule has 0 aliphatic carbocycles. The SMILES string of the molecule is COc1ccc(C)cc1C(=O)Cc1c(C)nn(C)c1Cl. The Morgan fingerprint density at radius 2 is 2.10 bits per heavy atom. The summed E-state index contributed by atoms with van der Waals surface area (Å²) in [6.07, 6.45) is 0.221. The summed E-state index contributed by atoms with van der Waals surface area (Å²) in [6, 6.07) is 5.55. The first-order valence-corrected chi connectivity index (χ1v) is 6.67. The van der Waals surface area contributed by atoms with E-state index < -0.39 is 0 Å². The Morgan fingerprint density at radius 3 is 2.65 bits per heavy atom. The lowest BCUT2D eigenvalue weighted by Crippen LogP contribution is -2.07. The number of hydrogen-bond donors (Lipinski definition) is 0. The van der Waals surface area contributed by atoms with Crippen LogP contribution in [-0.4, -0.2) is 22.7 Å². The minimum absolute atomic E-state index is 0.0245. The fourth-order valence-electron chi connectivity index (χ4n) is 2.17. The maximum Gasteiger partial charge on any atom is 0.171 e. The van der Waals surface area contributed by atoms with Gasteiger partial charge in [-0.25, -0.2) is 0 Å². The number of methoxy groups -OCH3 is 1. The van der Waals surface area contributed by atoms with Gasteiger partial charge < -0.3 is 4.74 Å². The van der Waals surface area contributed by atoms with E-state index in [0.29, 0.717) is 16.5 Å². The molecule has 0 aliphatic rings. The van der Waals surface area contributed by atoms with Gasteiger partial charge in [-0.15, -0.1) is 0 Å². The molecule has 0 radical (unpaired) electrons. The molecule has 0 spiro atoms. The Balaban J connectivity index is 2.35. The number of halogens is 1. The zero-order valence-corrected chi connectivity index (χ0v) is 12.8. The van der Waals surface area contributed by atoms with Crippen LogP contribution >= 0.6 is 11.6 Å². The molecule has 0 aliphatic heterocycles. The lowest BCUT2D eigenvalue weighted by Gasteiger charge is -2.08. The molecule has 0 bridgehead atoms. The maximum absolute atomic E-state index is 12.5. The van der Waals surface area contributed by atoms with Gasteiger partial charge in [-0.2, -0.15) is 5.10 Å². The average molecular weight is 293 g/mol. The summed E-state index contributed by atoms with van der Waals surface area (Å²) in [5.74, 6) is 0.557. The molecular weight excluding hydrogens is 276 g/mol. The molecule has 4 nitrogen and oxygen atoms in total. The van der Waals surface area contributed by atoms with Crippen molar-refractivity contribution in [1.29, 1.82) is 0 Å². The third kappa shape index (κ3) is 2.70. The maximum atomic E-state index is 12.5. The molecular formula is C15H17ClN2O2. The summed E-state index contributed by atoms with van der Waals surface area (Å²) in [5, 5.41) is 4.72. The predicted molar refractivity (Wildman–Crippen MR) is 78.7 cm³/mol. The zero-order chi connectivity index (χ0) is 14.9. The van der Waals surface area contributed by atoms with Gasteiger partial charge in [0.1, 0.15) is 10.9 Å². The van der Waals surface area contributed by atoms with Gasteiger partial charge in [0.25, 0.3) is 0 Å². The second-order valence-corrected chi connectivity index (χ2v) is 5.14. The van der Waals surface area contributed by atoms with E-state index in [4.69, 9.17) is 16.3 Å². The van der Waals surface area contributed by atoms with Crippen molar-refractivity contribution in [2.75, 3.05) is 7.11 Å². The Hall–Kier alpha value is -1.81. The first-order valence-electron chi connectivity index (χ1n) is 6.30. The van der Waals surface area contributed by atoms with Crippen LogP contribution in [0.5, 0.6) is 5.75 Å². The summed E-state index contributed by atoms with van der Waals surface area (Å²) in [7, 11) is 3.32. The fraction of sp³-hybridized carbons (Fsp3) is 0.333. The third-order valence-electron chi connectivity index (χ3n) is 3.26. The number of ether oxygens (including phenoxy) is 1. The van der Waals surface area contributed by atoms with Crippen LogP contribution in [0.2, 0.25) is 5.15 Å². The van der Waals surface area contributed by atoms with Crippen LogP contribution in [0.25, 0.3) is 0 Å². The molecule has 0 atom stereocenters. The predicted octanol–water partition coefficient (Wildman–Crippen LogP) is 3.12. The van der Waals surface area contributed by atoms with Crippen LogP contribution in [-0.2, 0) is 13.5 Å². The molecule has 0 amide bonds. The highest BCUT2D eigenvalue weighted by molar-refractivity contribution is 6.30. The van der Waals surface area contributed by atoms with Crippen molar-refractivity contribution >= 4 is 17.4 Å². The van der Waals surface area contributed by atoms with Crippen LogP contribution in [0.4, 0.5) is 0 Å². The lowest BCUT2D eigenvalue weighted by atomic mass is 10.0. The Labute approximate surface area is 123 Å².